The molecule has 0 aliphatic carbocycles. The maximum Gasteiger partial charge on any atom is 0.223 e. The van der Waals surface area contributed by atoms with Gasteiger partial charge >= 0.3 is 0 Å². The first kappa shape index (κ1) is 17.9. The number of carbonyl (C=O) groups excluding carboxylic acids is 1. The second kappa shape index (κ2) is 7.17. The number of benzene rings is 1. The fourth-order valence-electron chi connectivity index (χ4n) is 3.20. The van der Waals surface area contributed by atoms with Gasteiger partial charge in [0, 0.05) is 24.4 Å². The topological polar surface area (TPSA) is 79.6 Å². The number of nitrogens with zero attached hydrogens (tertiary/aromatic N) is 1. The van der Waals surface area contributed by atoms with E-state index in [2.05, 4.69) is 5.32 Å². The molecule has 136 valence electrons. The van der Waals surface area contributed by atoms with E-state index in [9.17, 15) is 13.2 Å². The molecule has 1 fully saturated rings. The van der Waals surface area contributed by atoms with E-state index in [0.717, 1.165) is 16.7 Å². The largest absolute Gasteiger partial charge is 0.459 e. The molecule has 1 aromatic heterocycles. The lowest BCUT2D eigenvalue weighted by atomic mass is 9.97. The van der Waals surface area contributed by atoms with E-state index in [1.807, 2.05) is 37.3 Å². The first-order chi connectivity index (χ1) is 11.9. The van der Waals surface area contributed by atoms with Crippen LogP contribution in [0.1, 0.15) is 38.5 Å². The summed E-state index contributed by atoms with van der Waals surface area (Å²) in [5.74, 6) is 0.629. The highest BCUT2D eigenvalue weighted by Gasteiger charge is 2.30. The minimum atomic E-state index is -3.16. The molecule has 0 spiro atoms. The third-order valence-electron chi connectivity index (χ3n) is 4.81. The molecular formula is C18H24N2O4S. The van der Waals surface area contributed by atoms with E-state index < -0.39 is 10.0 Å². The van der Waals surface area contributed by atoms with Gasteiger partial charge in [-0.3, -0.25) is 4.79 Å². The maximum atomic E-state index is 12.5. The zero-order valence-electron chi connectivity index (χ0n) is 14.6. The van der Waals surface area contributed by atoms with Gasteiger partial charge in [-0.25, -0.2) is 12.7 Å². The molecule has 1 amide bonds. The molecule has 2 heterocycles. The molecular weight excluding hydrogens is 340 g/mol. The Kier molecular flexibility index (Phi) is 5.15. The van der Waals surface area contributed by atoms with Crippen molar-refractivity contribution in [3.8, 4) is 0 Å². The number of nitrogens with one attached hydrogen (secondary N) is 1. The SMILES string of the molecule is CCS(=O)(=O)N1CCC(C(=O)N[C@@H](C)c2cc3ccccc3o2)CC1. The normalized spacial score (nSPS) is 18.3. The predicted octanol–water partition coefficient (Wildman–Crippen LogP) is 2.67. The Hall–Kier alpha value is -1.86. The number of sulfonamides is 1. The molecule has 0 unspecified atom stereocenters. The number of para-hydroxylation sites is 1. The van der Waals surface area contributed by atoms with Gasteiger partial charge in [-0.15, -0.1) is 0 Å². The minimum Gasteiger partial charge on any atom is -0.459 e. The smallest absolute Gasteiger partial charge is 0.223 e. The molecule has 0 bridgehead atoms. The van der Waals surface area contributed by atoms with Crippen molar-refractivity contribution in [3.05, 3.63) is 36.1 Å². The van der Waals surface area contributed by atoms with Crippen molar-refractivity contribution in [1.29, 1.82) is 0 Å². The highest BCUT2D eigenvalue weighted by Crippen LogP contribution is 2.25. The Morgan fingerprint density at radius 1 is 1.32 bits per heavy atom. The average molecular weight is 364 g/mol. The van der Waals surface area contributed by atoms with Gasteiger partial charge in [0.1, 0.15) is 11.3 Å². The van der Waals surface area contributed by atoms with Crippen LogP contribution in [0.3, 0.4) is 0 Å². The van der Waals surface area contributed by atoms with Crippen molar-refractivity contribution in [1.82, 2.24) is 9.62 Å². The van der Waals surface area contributed by atoms with Crippen molar-refractivity contribution in [3.63, 3.8) is 0 Å². The van der Waals surface area contributed by atoms with Crippen molar-refractivity contribution in [2.45, 2.75) is 32.7 Å². The van der Waals surface area contributed by atoms with Gasteiger partial charge in [0.2, 0.25) is 15.9 Å². The summed E-state index contributed by atoms with van der Waals surface area (Å²) in [6, 6.07) is 9.45. The van der Waals surface area contributed by atoms with Crippen molar-refractivity contribution in [2.24, 2.45) is 5.92 Å². The summed E-state index contributed by atoms with van der Waals surface area (Å²) in [5.41, 5.74) is 0.802. The summed E-state index contributed by atoms with van der Waals surface area (Å²) in [4.78, 5) is 12.5. The van der Waals surface area contributed by atoms with E-state index in [-0.39, 0.29) is 23.6 Å². The lowest BCUT2D eigenvalue weighted by Gasteiger charge is -2.30. The zero-order chi connectivity index (χ0) is 18.0. The number of hydrogen-bond acceptors (Lipinski definition) is 4. The number of amides is 1. The first-order valence-electron chi connectivity index (χ1n) is 8.67. The van der Waals surface area contributed by atoms with E-state index in [1.54, 1.807) is 6.92 Å². The molecule has 25 heavy (non-hydrogen) atoms. The number of carbonyl (C=O) groups is 1. The van der Waals surface area contributed by atoms with Crippen LogP contribution in [-0.4, -0.2) is 37.5 Å². The number of piperidine rings is 1. The lowest BCUT2D eigenvalue weighted by Crippen LogP contribution is -2.43. The van der Waals surface area contributed by atoms with Crippen LogP contribution in [0.25, 0.3) is 11.0 Å². The molecule has 2 aromatic rings. The second-order valence-corrected chi connectivity index (χ2v) is 8.75. The van der Waals surface area contributed by atoms with E-state index in [4.69, 9.17) is 4.42 Å². The van der Waals surface area contributed by atoms with Crippen LogP contribution < -0.4 is 5.32 Å². The summed E-state index contributed by atoms with van der Waals surface area (Å²) < 4.78 is 31.1. The molecule has 0 radical (unpaired) electrons. The van der Waals surface area contributed by atoms with E-state index >= 15 is 0 Å². The molecule has 0 saturated carbocycles. The third kappa shape index (κ3) is 3.88. The van der Waals surface area contributed by atoms with Gasteiger partial charge in [0.15, 0.2) is 0 Å². The van der Waals surface area contributed by atoms with Crippen molar-refractivity contribution < 1.29 is 17.6 Å². The number of hydrogen-bond donors (Lipinski definition) is 1. The molecule has 6 nitrogen and oxygen atoms in total. The van der Waals surface area contributed by atoms with Crippen LogP contribution in [-0.2, 0) is 14.8 Å². The third-order valence-corrected chi connectivity index (χ3v) is 6.69. The zero-order valence-corrected chi connectivity index (χ0v) is 15.4. The fourth-order valence-corrected chi connectivity index (χ4v) is 4.33. The summed E-state index contributed by atoms with van der Waals surface area (Å²) in [5, 5.41) is 4.00. The Bertz CT molecular complexity index is 818. The van der Waals surface area contributed by atoms with Gasteiger partial charge in [-0.1, -0.05) is 18.2 Å². The van der Waals surface area contributed by atoms with Crippen molar-refractivity contribution >= 4 is 26.9 Å². The maximum absolute atomic E-state index is 12.5. The molecule has 7 heteroatoms. The first-order valence-corrected chi connectivity index (χ1v) is 10.3. The highest BCUT2D eigenvalue weighted by molar-refractivity contribution is 7.89. The Morgan fingerprint density at radius 3 is 2.64 bits per heavy atom. The van der Waals surface area contributed by atoms with Gasteiger partial charge in [-0.2, -0.15) is 0 Å². The Labute approximate surface area is 148 Å². The van der Waals surface area contributed by atoms with Gasteiger partial charge < -0.3 is 9.73 Å². The van der Waals surface area contributed by atoms with Crippen LogP contribution in [0.5, 0.6) is 0 Å². The highest BCUT2D eigenvalue weighted by atomic mass is 32.2. The molecule has 1 saturated heterocycles. The van der Waals surface area contributed by atoms with Crippen LogP contribution in [0, 0.1) is 5.92 Å². The van der Waals surface area contributed by atoms with E-state index in [1.165, 1.54) is 4.31 Å². The minimum absolute atomic E-state index is 0.0403. The van der Waals surface area contributed by atoms with Gasteiger partial charge in [-0.05, 0) is 38.8 Å². The molecule has 1 N–H and O–H groups in total. The summed E-state index contributed by atoms with van der Waals surface area (Å²) in [7, 11) is -3.16. The van der Waals surface area contributed by atoms with Gasteiger partial charge in [0.05, 0.1) is 11.8 Å². The predicted molar refractivity (Wildman–Crippen MR) is 96.5 cm³/mol. The number of rotatable bonds is 5. The second-order valence-electron chi connectivity index (χ2n) is 6.49. The fraction of sp³-hybridized carbons (Fsp3) is 0.500. The molecule has 1 atom stereocenters. The molecule has 1 aromatic carbocycles. The number of furan rings is 1. The summed E-state index contributed by atoms with van der Waals surface area (Å²) >= 11 is 0. The Balaban J connectivity index is 1.59. The molecule has 1 aliphatic heterocycles. The molecule has 1 aliphatic rings. The molecule has 3 rings (SSSR count). The standard InChI is InChI=1S/C18H24N2O4S/c1-3-25(22,23)20-10-8-14(9-11-20)18(21)19-13(2)17-12-15-6-4-5-7-16(15)24-17/h4-7,12-14H,3,8-11H2,1-2H3,(H,19,21)/t13-/m0/s1. The van der Waals surface area contributed by atoms with Crippen molar-refractivity contribution in [2.75, 3.05) is 18.8 Å². The van der Waals surface area contributed by atoms with Crippen LogP contribution in [0.2, 0.25) is 0 Å². The average Bonchev–Trinajstić information content (AvgIpc) is 3.06. The summed E-state index contributed by atoms with van der Waals surface area (Å²) in [6.45, 7) is 4.36. The van der Waals surface area contributed by atoms with Crippen LogP contribution in [0.4, 0.5) is 0 Å². The van der Waals surface area contributed by atoms with Crippen LogP contribution in [0.15, 0.2) is 34.7 Å². The van der Waals surface area contributed by atoms with E-state index in [0.29, 0.717) is 25.9 Å². The van der Waals surface area contributed by atoms with Crippen LogP contribution >= 0.6 is 0 Å². The Morgan fingerprint density at radius 2 is 2.00 bits per heavy atom. The van der Waals surface area contributed by atoms with Gasteiger partial charge in [0.25, 0.3) is 0 Å². The quantitative estimate of drug-likeness (QED) is 0.885. The number of fused-ring (bicyclic) bond motifs is 1. The lowest BCUT2D eigenvalue weighted by molar-refractivity contribution is -0.126. The monoisotopic (exact) mass is 364 g/mol. The summed E-state index contributed by atoms with van der Waals surface area (Å²) in [6.07, 6.45) is 1.11.